The smallest absolute Gasteiger partial charge is 0.304 e. The van der Waals surface area contributed by atoms with Crippen LogP contribution < -0.4 is 0 Å². The summed E-state index contributed by atoms with van der Waals surface area (Å²) in [5, 5.41) is 9.78. The number of benzene rings is 1. The van der Waals surface area contributed by atoms with Gasteiger partial charge in [0.25, 0.3) is 0 Å². The van der Waals surface area contributed by atoms with E-state index in [1.807, 2.05) is 36.2 Å². The molecule has 0 atom stereocenters. The molecule has 0 aliphatic rings. The van der Waals surface area contributed by atoms with Gasteiger partial charge in [-0.2, -0.15) is 0 Å². The molecule has 19 heavy (non-hydrogen) atoms. The van der Waals surface area contributed by atoms with E-state index in [1.54, 1.807) is 6.20 Å². The quantitative estimate of drug-likeness (QED) is 0.919. The summed E-state index contributed by atoms with van der Waals surface area (Å²) in [4.78, 5) is 17.0. The Labute approximate surface area is 120 Å². The van der Waals surface area contributed by atoms with Gasteiger partial charge in [0.05, 0.1) is 11.9 Å². The van der Waals surface area contributed by atoms with Gasteiger partial charge in [-0.05, 0) is 30.8 Å². The molecule has 0 radical (unpaired) electrons. The van der Waals surface area contributed by atoms with E-state index in [0.717, 1.165) is 20.9 Å². The number of pyridine rings is 1. The first-order valence-corrected chi connectivity index (χ1v) is 6.79. The molecule has 1 heterocycles. The van der Waals surface area contributed by atoms with Gasteiger partial charge in [-0.15, -0.1) is 0 Å². The normalized spacial score (nSPS) is 11.1. The molecule has 2 rings (SSSR count). The molecule has 0 fully saturated rings. The third kappa shape index (κ3) is 3.75. The molecule has 5 heteroatoms. The Morgan fingerprint density at radius 1 is 1.47 bits per heavy atom. The van der Waals surface area contributed by atoms with Crippen molar-refractivity contribution in [3.8, 4) is 0 Å². The monoisotopic (exact) mass is 322 g/mol. The van der Waals surface area contributed by atoms with Crippen LogP contribution in [-0.4, -0.2) is 34.6 Å². The molecular weight excluding hydrogens is 308 g/mol. The molecule has 0 saturated heterocycles. The third-order valence-electron chi connectivity index (χ3n) is 2.90. The molecule has 0 amide bonds. The average Bonchev–Trinajstić information content (AvgIpc) is 2.36. The third-order valence-corrected chi connectivity index (χ3v) is 3.35. The minimum absolute atomic E-state index is 0.149. The Balaban J connectivity index is 2.22. The van der Waals surface area contributed by atoms with Crippen LogP contribution in [0, 0.1) is 0 Å². The lowest BCUT2D eigenvalue weighted by atomic mass is 10.1. The zero-order valence-corrected chi connectivity index (χ0v) is 12.2. The summed E-state index contributed by atoms with van der Waals surface area (Å²) in [6, 6.07) is 8.00. The summed E-state index contributed by atoms with van der Waals surface area (Å²) >= 11 is 3.50. The first kappa shape index (κ1) is 14.0. The zero-order chi connectivity index (χ0) is 13.8. The molecule has 0 saturated carbocycles. The fourth-order valence-corrected chi connectivity index (χ4v) is 2.53. The van der Waals surface area contributed by atoms with Crippen LogP contribution >= 0.6 is 15.9 Å². The molecule has 1 aromatic heterocycles. The number of carboxylic acid groups (broad SMARTS) is 1. The molecular formula is C14H15BrN2O2. The van der Waals surface area contributed by atoms with Crippen LogP contribution in [0.4, 0.5) is 0 Å². The summed E-state index contributed by atoms with van der Waals surface area (Å²) in [5.74, 6) is -0.774. The van der Waals surface area contributed by atoms with E-state index >= 15 is 0 Å². The predicted molar refractivity (Wildman–Crippen MR) is 78.0 cm³/mol. The summed E-state index contributed by atoms with van der Waals surface area (Å²) < 4.78 is 1.01. The van der Waals surface area contributed by atoms with Crippen LogP contribution in [0.1, 0.15) is 12.0 Å². The van der Waals surface area contributed by atoms with Gasteiger partial charge in [0.2, 0.25) is 0 Å². The van der Waals surface area contributed by atoms with Gasteiger partial charge in [-0.25, -0.2) is 0 Å². The van der Waals surface area contributed by atoms with Crippen LogP contribution in [0.3, 0.4) is 0 Å². The fourth-order valence-electron chi connectivity index (χ4n) is 2.00. The second-order valence-electron chi connectivity index (χ2n) is 4.52. The van der Waals surface area contributed by atoms with Crippen LogP contribution in [0.5, 0.6) is 0 Å². The highest BCUT2D eigenvalue weighted by atomic mass is 79.9. The number of hydrogen-bond acceptors (Lipinski definition) is 3. The first-order chi connectivity index (χ1) is 9.06. The number of hydrogen-bond donors (Lipinski definition) is 1. The molecule has 1 aromatic carbocycles. The van der Waals surface area contributed by atoms with Crippen molar-refractivity contribution in [2.24, 2.45) is 0 Å². The van der Waals surface area contributed by atoms with Crippen LogP contribution in [0.25, 0.3) is 10.9 Å². The maximum absolute atomic E-state index is 10.6. The standard InChI is InChI=1S/C14H15BrN2O2/c1-17(6-4-13(18)19)9-11-8-12(15)7-10-3-2-5-16-14(10)11/h2-3,5,7-8H,4,6,9H2,1H3,(H,18,19). The number of carbonyl (C=O) groups is 1. The van der Waals surface area contributed by atoms with Crippen molar-refractivity contribution in [3.05, 3.63) is 40.5 Å². The molecule has 100 valence electrons. The number of halogens is 1. The minimum Gasteiger partial charge on any atom is -0.481 e. The second kappa shape index (κ2) is 6.12. The van der Waals surface area contributed by atoms with Gasteiger partial charge in [0.1, 0.15) is 0 Å². The number of aromatic nitrogens is 1. The van der Waals surface area contributed by atoms with E-state index in [-0.39, 0.29) is 6.42 Å². The number of rotatable bonds is 5. The highest BCUT2D eigenvalue weighted by molar-refractivity contribution is 9.10. The molecule has 0 spiro atoms. The lowest BCUT2D eigenvalue weighted by Gasteiger charge is -2.16. The fraction of sp³-hybridized carbons (Fsp3) is 0.286. The molecule has 0 unspecified atom stereocenters. The van der Waals surface area contributed by atoms with Crippen molar-refractivity contribution in [1.29, 1.82) is 0 Å². The Kier molecular flexibility index (Phi) is 4.50. The van der Waals surface area contributed by atoms with Gasteiger partial charge in [0, 0.05) is 29.1 Å². The van der Waals surface area contributed by atoms with Gasteiger partial charge in [-0.3, -0.25) is 9.78 Å². The van der Waals surface area contributed by atoms with Crippen LogP contribution in [0.15, 0.2) is 34.9 Å². The van der Waals surface area contributed by atoms with E-state index in [1.165, 1.54) is 0 Å². The Hall–Kier alpha value is -1.46. The lowest BCUT2D eigenvalue weighted by molar-refractivity contribution is -0.137. The zero-order valence-electron chi connectivity index (χ0n) is 10.6. The van der Waals surface area contributed by atoms with E-state index in [4.69, 9.17) is 5.11 Å². The molecule has 0 aliphatic carbocycles. The van der Waals surface area contributed by atoms with Crippen LogP contribution in [-0.2, 0) is 11.3 Å². The Bertz CT molecular complexity index is 601. The maximum Gasteiger partial charge on any atom is 0.304 e. The topological polar surface area (TPSA) is 53.4 Å². The number of fused-ring (bicyclic) bond motifs is 1. The minimum atomic E-state index is -0.774. The molecule has 2 aromatic rings. The maximum atomic E-state index is 10.6. The van der Waals surface area contributed by atoms with Crippen molar-refractivity contribution in [2.45, 2.75) is 13.0 Å². The summed E-state index contributed by atoms with van der Waals surface area (Å²) in [7, 11) is 1.92. The number of aliphatic carboxylic acids is 1. The first-order valence-electron chi connectivity index (χ1n) is 6.00. The van der Waals surface area contributed by atoms with Crippen molar-refractivity contribution >= 4 is 32.8 Å². The summed E-state index contributed by atoms with van der Waals surface area (Å²) in [5.41, 5.74) is 2.06. The molecule has 1 N–H and O–H groups in total. The van der Waals surface area contributed by atoms with Crippen molar-refractivity contribution in [1.82, 2.24) is 9.88 Å². The van der Waals surface area contributed by atoms with Crippen LogP contribution in [0.2, 0.25) is 0 Å². The van der Waals surface area contributed by atoms with Crippen molar-refractivity contribution < 1.29 is 9.90 Å². The lowest BCUT2D eigenvalue weighted by Crippen LogP contribution is -2.21. The Morgan fingerprint density at radius 2 is 2.26 bits per heavy atom. The number of carboxylic acids is 1. The molecule has 4 nitrogen and oxygen atoms in total. The van der Waals surface area contributed by atoms with Gasteiger partial charge in [0.15, 0.2) is 0 Å². The van der Waals surface area contributed by atoms with Gasteiger partial charge >= 0.3 is 5.97 Å². The van der Waals surface area contributed by atoms with E-state index < -0.39 is 5.97 Å². The van der Waals surface area contributed by atoms with Crippen molar-refractivity contribution in [2.75, 3.05) is 13.6 Å². The van der Waals surface area contributed by atoms with E-state index in [2.05, 4.69) is 20.9 Å². The molecule has 0 bridgehead atoms. The highest BCUT2D eigenvalue weighted by Crippen LogP contribution is 2.23. The summed E-state index contributed by atoms with van der Waals surface area (Å²) in [6.45, 7) is 1.20. The average molecular weight is 323 g/mol. The largest absolute Gasteiger partial charge is 0.481 e. The number of nitrogens with zero attached hydrogens (tertiary/aromatic N) is 2. The predicted octanol–water partition coefficient (Wildman–Crippen LogP) is 2.90. The highest BCUT2D eigenvalue weighted by Gasteiger charge is 2.08. The van der Waals surface area contributed by atoms with Gasteiger partial charge < -0.3 is 10.0 Å². The van der Waals surface area contributed by atoms with E-state index in [0.29, 0.717) is 13.1 Å². The Morgan fingerprint density at radius 3 is 3.00 bits per heavy atom. The van der Waals surface area contributed by atoms with Gasteiger partial charge in [-0.1, -0.05) is 22.0 Å². The SMILES string of the molecule is CN(CCC(=O)O)Cc1cc(Br)cc2cccnc12. The molecule has 0 aliphatic heterocycles. The second-order valence-corrected chi connectivity index (χ2v) is 5.44. The summed E-state index contributed by atoms with van der Waals surface area (Å²) in [6.07, 6.45) is 1.92. The van der Waals surface area contributed by atoms with E-state index in [9.17, 15) is 4.79 Å². The van der Waals surface area contributed by atoms with Crippen molar-refractivity contribution in [3.63, 3.8) is 0 Å².